The van der Waals surface area contributed by atoms with E-state index in [1.165, 1.54) is 24.4 Å². The van der Waals surface area contributed by atoms with Crippen molar-refractivity contribution in [2.75, 3.05) is 6.61 Å². The fourth-order valence-electron chi connectivity index (χ4n) is 2.64. The topological polar surface area (TPSA) is 48.3 Å². The molecule has 0 unspecified atom stereocenters. The number of nitrogens with zero attached hydrogens (tertiary/aromatic N) is 1. The molecule has 0 N–H and O–H groups in total. The number of hydrogen-bond donors (Lipinski definition) is 0. The van der Waals surface area contributed by atoms with Gasteiger partial charge in [-0.2, -0.15) is 0 Å². The molecule has 3 aromatic rings. The third-order valence-electron chi connectivity index (χ3n) is 3.80. The molecule has 0 bridgehead atoms. The van der Waals surface area contributed by atoms with Gasteiger partial charge in [-0.3, -0.25) is 4.79 Å². The summed E-state index contributed by atoms with van der Waals surface area (Å²) in [5.41, 5.74) is 0.867. The molecule has 1 heterocycles. The van der Waals surface area contributed by atoms with Gasteiger partial charge in [0.1, 0.15) is 11.4 Å². The molecule has 0 atom stereocenters. The molecular weight excluding hydrogens is 389 g/mol. The molecule has 0 saturated carbocycles. The van der Waals surface area contributed by atoms with E-state index in [1.807, 2.05) is 24.3 Å². The molecule has 0 fully saturated rings. The number of ether oxygens (including phenoxy) is 1. The fourth-order valence-corrected chi connectivity index (χ4v) is 2.90. The highest BCUT2D eigenvalue weighted by Crippen LogP contribution is 2.17. The minimum Gasteiger partial charge on any atom is -0.462 e. The highest BCUT2D eigenvalue weighted by Gasteiger charge is 2.17. The standard InChI is InChI=1S/C19H15BrFNO3/c1-2-25-19(24)16-11-22(10-12-3-5-13(20)6-4-12)17-9-14(21)7-8-15(17)18(16)23/h3-9,11H,2,10H2,1H3. The Hall–Kier alpha value is -2.47. The Kier molecular flexibility index (Phi) is 4.99. The van der Waals surface area contributed by atoms with E-state index in [4.69, 9.17) is 4.74 Å². The summed E-state index contributed by atoms with van der Waals surface area (Å²) >= 11 is 3.38. The molecule has 1 aromatic heterocycles. The zero-order valence-corrected chi connectivity index (χ0v) is 15.0. The summed E-state index contributed by atoms with van der Waals surface area (Å²) in [6.07, 6.45) is 1.43. The first-order chi connectivity index (χ1) is 12.0. The average molecular weight is 404 g/mol. The van der Waals surface area contributed by atoms with Crippen LogP contribution in [0.3, 0.4) is 0 Å². The Bertz CT molecular complexity index is 996. The van der Waals surface area contributed by atoms with Gasteiger partial charge in [-0.05, 0) is 42.8 Å². The molecule has 0 saturated heterocycles. The number of hydrogen-bond acceptors (Lipinski definition) is 3. The van der Waals surface area contributed by atoms with Crippen molar-refractivity contribution in [3.8, 4) is 0 Å². The van der Waals surface area contributed by atoms with Crippen LogP contribution in [-0.2, 0) is 11.3 Å². The van der Waals surface area contributed by atoms with E-state index in [9.17, 15) is 14.0 Å². The highest BCUT2D eigenvalue weighted by atomic mass is 79.9. The third-order valence-corrected chi connectivity index (χ3v) is 4.33. The molecule has 0 aliphatic heterocycles. The predicted molar refractivity (Wildman–Crippen MR) is 97.4 cm³/mol. The van der Waals surface area contributed by atoms with Crippen LogP contribution >= 0.6 is 15.9 Å². The summed E-state index contributed by atoms with van der Waals surface area (Å²) in [4.78, 5) is 24.7. The van der Waals surface area contributed by atoms with E-state index < -0.39 is 17.2 Å². The maximum atomic E-state index is 13.7. The normalized spacial score (nSPS) is 10.8. The quantitative estimate of drug-likeness (QED) is 0.615. The fraction of sp³-hybridized carbons (Fsp3) is 0.158. The Morgan fingerprint density at radius 2 is 1.92 bits per heavy atom. The van der Waals surface area contributed by atoms with E-state index in [0.717, 1.165) is 10.0 Å². The molecule has 6 heteroatoms. The summed E-state index contributed by atoms with van der Waals surface area (Å²) in [5.74, 6) is -1.12. The summed E-state index contributed by atoms with van der Waals surface area (Å²) in [7, 11) is 0. The van der Waals surface area contributed by atoms with E-state index in [2.05, 4.69) is 15.9 Å². The Balaban J connectivity index is 2.19. The van der Waals surface area contributed by atoms with Gasteiger partial charge >= 0.3 is 5.97 Å². The Morgan fingerprint density at radius 1 is 1.20 bits per heavy atom. The molecule has 2 aromatic carbocycles. The maximum Gasteiger partial charge on any atom is 0.343 e. The molecule has 0 aliphatic carbocycles. The van der Waals surface area contributed by atoms with Crippen LogP contribution in [-0.4, -0.2) is 17.1 Å². The van der Waals surface area contributed by atoms with Crippen molar-refractivity contribution < 1.29 is 13.9 Å². The van der Waals surface area contributed by atoms with Crippen LogP contribution in [0.25, 0.3) is 10.9 Å². The van der Waals surface area contributed by atoms with Gasteiger partial charge in [0.25, 0.3) is 0 Å². The maximum absolute atomic E-state index is 13.7. The zero-order valence-electron chi connectivity index (χ0n) is 13.5. The summed E-state index contributed by atoms with van der Waals surface area (Å²) in [6.45, 7) is 2.24. The molecule has 4 nitrogen and oxygen atoms in total. The van der Waals surface area contributed by atoms with E-state index >= 15 is 0 Å². The van der Waals surface area contributed by atoms with Crippen LogP contribution in [0.1, 0.15) is 22.8 Å². The number of fused-ring (bicyclic) bond motifs is 1. The number of esters is 1. The Morgan fingerprint density at radius 3 is 2.60 bits per heavy atom. The smallest absolute Gasteiger partial charge is 0.343 e. The van der Waals surface area contributed by atoms with Gasteiger partial charge in [-0.1, -0.05) is 28.1 Å². The molecule has 0 radical (unpaired) electrons. The monoisotopic (exact) mass is 403 g/mol. The number of rotatable bonds is 4. The number of carbonyl (C=O) groups excluding carboxylic acids is 1. The van der Waals surface area contributed by atoms with Gasteiger partial charge in [0.05, 0.1) is 12.1 Å². The third kappa shape index (κ3) is 3.64. The van der Waals surface area contributed by atoms with Gasteiger partial charge < -0.3 is 9.30 Å². The van der Waals surface area contributed by atoms with Gasteiger partial charge in [-0.25, -0.2) is 9.18 Å². The number of benzene rings is 2. The van der Waals surface area contributed by atoms with Crippen molar-refractivity contribution >= 4 is 32.8 Å². The van der Waals surface area contributed by atoms with Gasteiger partial charge in [-0.15, -0.1) is 0 Å². The van der Waals surface area contributed by atoms with Crippen molar-refractivity contribution in [2.45, 2.75) is 13.5 Å². The second kappa shape index (κ2) is 7.19. The first-order valence-electron chi connectivity index (χ1n) is 7.74. The van der Waals surface area contributed by atoms with Crippen LogP contribution in [0, 0.1) is 5.82 Å². The first kappa shape index (κ1) is 17.4. The van der Waals surface area contributed by atoms with Crippen LogP contribution in [0.2, 0.25) is 0 Å². The molecule has 128 valence electrons. The van der Waals surface area contributed by atoms with Crippen LogP contribution in [0.5, 0.6) is 0 Å². The molecule has 0 aliphatic rings. The number of halogens is 2. The molecule has 3 rings (SSSR count). The highest BCUT2D eigenvalue weighted by molar-refractivity contribution is 9.10. The van der Waals surface area contributed by atoms with Crippen molar-refractivity contribution in [3.63, 3.8) is 0 Å². The molecular formula is C19H15BrFNO3. The average Bonchev–Trinajstić information content (AvgIpc) is 2.59. The van der Waals surface area contributed by atoms with Crippen molar-refractivity contribution in [2.24, 2.45) is 0 Å². The SMILES string of the molecule is CCOC(=O)c1cn(Cc2ccc(Br)cc2)c2cc(F)ccc2c1=O. The number of carbonyl (C=O) groups is 1. The zero-order chi connectivity index (χ0) is 18.0. The van der Waals surface area contributed by atoms with E-state index in [0.29, 0.717) is 12.1 Å². The van der Waals surface area contributed by atoms with Crippen LogP contribution < -0.4 is 5.43 Å². The Labute approximate surface area is 152 Å². The number of aromatic nitrogens is 1. The van der Waals surface area contributed by atoms with Crippen molar-refractivity contribution in [3.05, 3.63) is 80.3 Å². The lowest BCUT2D eigenvalue weighted by molar-refractivity contribution is 0.0524. The predicted octanol–water partition coefficient (Wildman–Crippen LogP) is 4.13. The van der Waals surface area contributed by atoms with Gasteiger partial charge in [0.15, 0.2) is 0 Å². The lowest BCUT2D eigenvalue weighted by Crippen LogP contribution is -2.21. The second-order valence-electron chi connectivity index (χ2n) is 5.51. The van der Waals surface area contributed by atoms with Gasteiger partial charge in [0, 0.05) is 22.6 Å². The van der Waals surface area contributed by atoms with Gasteiger partial charge in [0.2, 0.25) is 5.43 Å². The lowest BCUT2D eigenvalue weighted by Gasteiger charge is -2.13. The summed E-state index contributed by atoms with van der Waals surface area (Å²) < 4.78 is 21.3. The molecule has 25 heavy (non-hydrogen) atoms. The first-order valence-corrected chi connectivity index (χ1v) is 8.53. The lowest BCUT2D eigenvalue weighted by atomic mass is 10.1. The van der Waals surface area contributed by atoms with Crippen molar-refractivity contribution in [1.29, 1.82) is 0 Å². The minimum absolute atomic E-state index is 0.0573. The van der Waals surface area contributed by atoms with Crippen molar-refractivity contribution in [1.82, 2.24) is 4.57 Å². The van der Waals surface area contributed by atoms with Crippen LogP contribution in [0.15, 0.2) is 57.9 Å². The molecule has 0 spiro atoms. The summed E-state index contributed by atoms with van der Waals surface area (Å²) in [6, 6.07) is 11.5. The second-order valence-corrected chi connectivity index (χ2v) is 6.42. The summed E-state index contributed by atoms with van der Waals surface area (Å²) in [5, 5.41) is 0.282. The van der Waals surface area contributed by atoms with E-state index in [-0.39, 0.29) is 17.6 Å². The van der Waals surface area contributed by atoms with Crippen LogP contribution in [0.4, 0.5) is 4.39 Å². The minimum atomic E-state index is -0.678. The largest absolute Gasteiger partial charge is 0.462 e. The number of pyridine rings is 1. The van der Waals surface area contributed by atoms with E-state index in [1.54, 1.807) is 11.5 Å². The molecule has 0 amide bonds.